The van der Waals surface area contributed by atoms with Crippen molar-refractivity contribution in [3.8, 4) is 0 Å². The van der Waals surface area contributed by atoms with Crippen LogP contribution in [0.5, 0.6) is 0 Å². The Morgan fingerprint density at radius 3 is 2.62 bits per heavy atom. The summed E-state index contributed by atoms with van der Waals surface area (Å²) in [6, 6.07) is 9.36. The van der Waals surface area contributed by atoms with Crippen molar-refractivity contribution in [1.82, 2.24) is 0 Å². The molecule has 0 spiro atoms. The molecular weight excluding hydrogens is 208 g/mol. The van der Waals surface area contributed by atoms with E-state index in [0.717, 1.165) is 5.39 Å². The van der Waals surface area contributed by atoms with E-state index in [9.17, 15) is 14.9 Å². The summed E-state index contributed by atoms with van der Waals surface area (Å²) >= 11 is 0. The van der Waals surface area contributed by atoms with Gasteiger partial charge in [-0.25, -0.2) is 0 Å². The molecule has 0 aromatic heterocycles. The Labute approximate surface area is 90.6 Å². The van der Waals surface area contributed by atoms with Gasteiger partial charge >= 0.3 is 0 Å². The van der Waals surface area contributed by atoms with E-state index in [-0.39, 0.29) is 5.69 Å². The number of hydrogen-bond donors (Lipinski definition) is 1. The van der Waals surface area contributed by atoms with Crippen LogP contribution in [-0.2, 0) is 0 Å². The minimum absolute atomic E-state index is 0.0544. The summed E-state index contributed by atoms with van der Waals surface area (Å²) in [4.78, 5) is 21.3. The minimum atomic E-state index is -0.592. The van der Waals surface area contributed by atoms with Crippen LogP contribution in [0.4, 0.5) is 5.69 Å². The molecule has 2 rings (SSSR count). The summed E-state index contributed by atoms with van der Waals surface area (Å²) in [6.07, 6.45) is 0. The van der Waals surface area contributed by atoms with E-state index < -0.39 is 10.8 Å². The fraction of sp³-hybridized carbons (Fsp3) is 0. The van der Waals surface area contributed by atoms with Gasteiger partial charge in [-0.2, -0.15) is 0 Å². The highest BCUT2D eigenvalue weighted by molar-refractivity contribution is 6.06. The zero-order valence-corrected chi connectivity index (χ0v) is 8.21. The summed E-state index contributed by atoms with van der Waals surface area (Å²) in [7, 11) is 0. The van der Waals surface area contributed by atoms with Crippen LogP contribution in [0.2, 0.25) is 0 Å². The number of fused-ring (bicyclic) bond motifs is 1. The van der Waals surface area contributed by atoms with Crippen LogP contribution in [0.3, 0.4) is 0 Å². The lowest BCUT2D eigenvalue weighted by Gasteiger charge is -2.02. The van der Waals surface area contributed by atoms with Crippen molar-refractivity contribution in [1.29, 1.82) is 0 Å². The van der Waals surface area contributed by atoms with Crippen molar-refractivity contribution in [2.45, 2.75) is 0 Å². The van der Waals surface area contributed by atoms with Crippen molar-refractivity contribution in [3.05, 3.63) is 52.1 Å². The summed E-state index contributed by atoms with van der Waals surface area (Å²) in [6.45, 7) is 0. The molecule has 5 nitrogen and oxygen atoms in total. The topological polar surface area (TPSA) is 86.2 Å². The number of amides is 1. The summed E-state index contributed by atoms with van der Waals surface area (Å²) in [5.74, 6) is -0.592. The number of hydrogen-bond acceptors (Lipinski definition) is 3. The summed E-state index contributed by atoms with van der Waals surface area (Å²) < 4.78 is 0. The maximum Gasteiger partial charge on any atom is 0.270 e. The molecule has 2 N–H and O–H groups in total. The number of non-ortho nitro benzene ring substituents is 1. The van der Waals surface area contributed by atoms with Gasteiger partial charge in [0.1, 0.15) is 0 Å². The van der Waals surface area contributed by atoms with E-state index in [1.54, 1.807) is 24.3 Å². The number of nitrogens with two attached hydrogens (primary N) is 1. The van der Waals surface area contributed by atoms with Gasteiger partial charge in [-0.05, 0) is 17.5 Å². The van der Waals surface area contributed by atoms with Gasteiger partial charge in [-0.3, -0.25) is 14.9 Å². The molecular formula is C11H8N2O3. The second kappa shape index (κ2) is 3.62. The van der Waals surface area contributed by atoms with Crippen LogP contribution in [0.15, 0.2) is 36.4 Å². The lowest BCUT2D eigenvalue weighted by Crippen LogP contribution is -2.11. The monoisotopic (exact) mass is 216 g/mol. The predicted molar refractivity (Wildman–Crippen MR) is 59.1 cm³/mol. The quantitative estimate of drug-likeness (QED) is 0.613. The number of rotatable bonds is 2. The molecule has 80 valence electrons. The van der Waals surface area contributed by atoms with E-state index in [2.05, 4.69) is 0 Å². The van der Waals surface area contributed by atoms with E-state index in [1.807, 2.05) is 0 Å². The second-order valence-electron chi connectivity index (χ2n) is 3.33. The fourth-order valence-electron chi connectivity index (χ4n) is 1.59. The van der Waals surface area contributed by atoms with E-state index in [4.69, 9.17) is 5.73 Å². The molecule has 0 unspecified atom stereocenters. The average molecular weight is 216 g/mol. The first-order valence-electron chi connectivity index (χ1n) is 4.56. The third-order valence-electron chi connectivity index (χ3n) is 2.34. The number of nitro groups is 1. The van der Waals surface area contributed by atoms with Gasteiger partial charge in [0, 0.05) is 23.1 Å². The van der Waals surface area contributed by atoms with Gasteiger partial charge in [0.2, 0.25) is 5.91 Å². The predicted octanol–water partition coefficient (Wildman–Crippen LogP) is 1.85. The number of benzene rings is 2. The van der Waals surface area contributed by atoms with Crippen LogP contribution < -0.4 is 5.73 Å². The van der Waals surface area contributed by atoms with Gasteiger partial charge in [0.15, 0.2) is 0 Å². The normalized spacial score (nSPS) is 10.2. The van der Waals surface area contributed by atoms with Gasteiger partial charge in [-0.1, -0.05) is 12.1 Å². The highest BCUT2D eigenvalue weighted by Crippen LogP contribution is 2.23. The van der Waals surface area contributed by atoms with Gasteiger partial charge in [-0.15, -0.1) is 0 Å². The molecule has 16 heavy (non-hydrogen) atoms. The van der Waals surface area contributed by atoms with Crippen molar-refractivity contribution in [2.24, 2.45) is 5.73 Å². The Kier molecular flexibility index (Phi) is 2.28. The average Bonchev–Trinajstić information content (AvgIpc) is 2.27. The van der Waals surface area contributed by atoms with Crippen LogP contribution in [0.1, 0.15) is 10.4 Å². The molecule has 0 fully saturated rings. The van der Waals surface area contributed by atoms with Crippen LogP contribution in [-0.4, -0.2) is 10.8 Å². The van der Waals surface area contributed by atoms with Crippen molar-refractivity contribution in [3.63, 3.8) is 0 Å². The zero-order chi connectivity index (χ0) is 11.7. The zero-order valence-electron chi connectivity index (χ0n) is 8.21. The molecule has 0 aliphatic heterocycles. The third-order valence-corrected chi connectivity index (χ3v) is 2.34. The highest BCUT2D eigenvalue weighted by atomic mass is 16.6. The molecule has 0 radical (unpaired) electrons. The molecule has 0 heterocycles. The van der Waals surface area contributed by atoms with Crippen molar-refractivity contribution in [2.75, 3.05) is 0 Å². The largest absolute Gasteiger partial charge is 0.366 e. The third kappa shape index (κ3) is 1.58. The Bertz CT molecular complexity index is 593. The maximum atomic E-state index is 11.1. The molecule has 0 saturated heterocycles. The SMILES string of the molecule is NC(=O)c1cccc2ccc([N+](=O)[O-])cc12. The van der Waals surface area contributed by atoms with Crippen LogP contribution >= 0.6 is 0 Å². The molecule has 2 aromatic rings. The Balaban J connectivity index is 2.78. The van der Waals surface area contributed by atoms with E-state index in [1.165, 1.54) is 12.1 Å². The maximum absolute atomic E-state index is 11.1. The number of nitrogens with zero attached hydrogens (tertiary/aromatic N) is 1. The van der Waals surface area contributed by atoms with Gasteiger partial charge in [0.05, 0.1) is 4.92 Å². The molecule has 0 aliphatic carbocycles. The standard InChI is InChI=1S/C11H8N2O3/c12-11(14)9-3-1-2-7-4-5-8(13(15)16)6-10(7)9/h1-6H,(H2,12,14). The highest BCUT2D eigenvalue weighted by Gasteiger charge is 2.10. The minimum Gasteiger partial charge on any atom is -0.366 e. The van der Waals surface area contributed by atoms with E-state index in [0.29, 0.717) is 10.9 Å². The lowest BCUT2D eigenvalue weighted by atomic mass is 10.0. The van der Waals surface area contributed by atoms with Gasteiger partial charge < -0.3 is 5.73 Å². The van der Waals surface area contributed by atoms with E-state index >= 15 is 0 Å². The lowest BCUT2D eigenvalue weighted by molar-refractivity contribution is -0.384. The Morgan fingerprint density at radius 2 is 2.00 bits per heavy atom. The molecule has 5 heteroatoms. The molecule has 0 bridgehead atoms. The smallest absolute Gasteiger partial charge is 0.270 e. The first-order valence-corrected chi connectivity index (χ1v) is 4.56. The number of carbonyl (C=O) groups is 1. The molecule has 2 aromatic carbocycles. The number of carbonyl (C=O) groups excluding carboxylic acids is 1. The Morgan fingerprint density at radius 1 is 1.25 bits per heavy atom. The first-order chi connectivity index (χ1) is 7.59. The number of nitro benzene ring substituents is 1. The van der Waals surface area contributed by atoms with Gasteiger partial charge in [0.25, 0.3) is 5.69 Å². The second-order valence-corrected chi connectivity index (χ2v) is 3.33. The molecule has 0 atom stereocenters. The Hall–Kier alpha value is -2.43. The van der Waals surface area contributed by atoms with Crippen LogP contribution in [0.25, 0.3) is 10.8 Å². The molecule has 1 amide bonds. The van der Waals surface area contributed by atoms with Crippen molar-refractivity contribution < 1.29 is 9.72 Å². The summed E-state index contributed by atoms with van der Waals surface area (Å²) in [5, 5.41) is 11.9. The molecule has 0 saturated carbocycles. The first kappa shape index (κ1) is 10.1. The fourth-order valence-corrected chi connectivity index (χ4v) is 1.59. The van der Waals surface area contributed by atoms with Crippen LogP contribution in [0, 0.1) is 10.1 Å². The molecule has 0 aliphatic rings. The number of primary amides is 1. The summed E-state index contributed by atoms with van der Waals surface area (Å²) in [5.41, 5.74) is 5.44. The van der Waals surface area contributed by atoms with Crippen molar-refractivity contribution >= 4 is 22.4 Å².